The highest BCUT2D eigenvalue weighted by Crippen LogP contribution is 2.46. The minimum atomic E-state index is -0.522. The third-order valence-corrected chi connectivity index (χ3v) is 6.25. The number of hydrogen-bond acceptors (Lipinski definition) is 7. The van der Waals surface area contributed by atoms with Crippen molar-refractivity contribution in [1.29, 1.82) is 0 Å². The molecule has 0 saturated heterocycles. The molecule has 2 heterocycles. The van der Waals surface area contributed by atoms with Crippen LogP contribution in [0.25, 0.3) is 11.5 Å². The number of carbonyl (C=O) groups excluding carboxylic acids is 1. The van der Waals surface area contributed by atoms with Gasteiger partial charge >= 0.3 is 0 Å². The lowest BCUT2D eigenvalue weighted by molar-refractivity contribution is -0.113. The maximum atomic E-state index is 12.4. The Morgan fingerprint density at radius 1 is 1.06 bits per heavy atom. The molecule has 1 aliphatic heterocycles. The number of nitrogens with zero attached hydrogens (tertiary/aromatic N) is 2. The Hall–Kier alpha value is -3.00. The van der Waals surface area contributed by atoms with Gasteiger partial charge in [-0.05, 0) is 44.0 Å². The van der Waals surface area contributed by atoms with E-state index in [2.05, 4.69) is 15.5 Å². The lowest BCUT2D eigenvalue weighted by Gasteiger charge is -2.31. The highest BCUT2D eigenvalue weighted by molar-refractivity contribution is 7.99. The van der Waals surface area contributed by atoms with Gasteiger partial charge in [-0.3, -0.25) is 4.79 Å². The first-order chi connectivity index (χ1) is 15.1. The van der Waals surface area contributed by atoms with E-state index in [1.54, 1.807) is 0 Å². The number of hydrogen-bond donors (Lipinski definition) is 1. The Morgan fingerprint density at radius 3 is 2.74 bits per heavy atom. The number of aryl methyl sites for hydroxylation is 1. The number of thioether (sulfide) groups is 1. The summed E-state index contributed by atoms with van der Waals surface area (Å²) in [5, 5.41) is 11.3. The molecule has 0 bridgehead atoms. The maximum absolute atomic E-state index is 12.4. The quantitative estimate of drug-likeness (QED) is 0.549. The summed E-state index contributed by atoms with van der Waals surface area (Å²) in [6.07, 6.45) is 5.23. The minimum absolute atomic E-state index is 0.161. The van der Waals surface area contributed by atoms with Crippen molar-refractivity contribution in [2.24, 2.45) is 0 Å². The van der Waals surface area contributed by atoms with Crippen LogP contribution >= 0.6 is 11.8 Å². The number of fused-ring (bicyclic) bond motifs is 1. The number of amides is 1. The SMILES string of the molecule is Cc1cccc(-c2nnc(SCC(=O)Nc3ccc4c(c3)OC3(CCCCC3)O4)o2)c1. The average molecular weight is 438 g/mol. The summed E-state index contributed by atoms with van der Waals surface area (Å²) in [5.74, 6) is 1.35. The largest absolute Gasteiger partial charge is 0.448 e. The zero-order valence-corrected chi connectivity index (χ0v) is 18.0. The molecular weight excluding hydrogens is 414 g/mol. The summed E-state index contributed by atoms with van der Waals surface area (Å²) >= 11 is 1.20. The number of benzene rings is 2. The highest BCUT2D eigenvalue weighted by atomic mass is 32.2. The van der Waals surface area contributed by atoms with Crippen molar-refractivity contribution in [1.82, 2.24) is 10.2 Å². The molecule has 1 N–H and O–H groups in total. The van der Waals surface area contributed by atoms with Crippen LogP contribution in [0.4, 0.5) is 5.69 Å². The number of anilines is 1. The molecule has 0 atom stereocenters. The Bertz CT molecular complexity index is 1110. The van der Waals surface area contributed by atoms with Crippen molar-refractivity contribution >= 4 is 23.4 Å². The second kappa shape index (κ2) is 8.26. The molecule has 3 aromatic rings. The summed E-state index contributed by atoms with van der Waals surface area (Å²) in [4.78, 5) is 12.4. The summed E-state index contributed by atoms with van der Waals surface area (Å²) in [7, 11) is 0. The Labute approximate surface area is 184 Å². The van der Waals surface area contributed by atoms with Gasteiger partial charge in [0.05, 0.1) is 5.75 Å². The third-order valence-electron chi connectivity index (χ3n) is 5.43. The van der Waals surface area contributed by atoms with Gasteiger partial charge < -0.3 is 19.2 Å². The van der Waals surface area contributed by atoms with E-state index in [4.69, 9.17) is 13.9 Å². The Balaban J connectivity index is 1.17. The maximum Gasteiger partial charge on any atom is 0.277 e. The van der Waals surface area contributed by atoms with Crippen LogP contribution in [0.3, 0.4) is 0 Å². The van der Waals surface area contributed by atoms with Gasteiger partial charge in [0, 0.05) is 30.2 Å². The highest BCUT2D eigenvalue weighted by Gasteiger charge is 2.42. The molecule has 0 radical (unpaired) electrons. The van der Waals surface area contributed by atoms with Crippen LogP contribution < -0.4 is 14.8 Å². The number of aromatic nitrogens is 2. The Morgan fingerprint density at radius 2 is 1.90 bits per heavy atom. The molecule has 0 unspecified atom stereocenters. The molecule has 160 valence electrons. The van der Waals surface area contributed by atoms with Gasteiger partial charge in [-0.2, -0.15) is 0 Å². The molecule has 1 amide bonds. The smallest absolute Gasteiger partial charge is 0.277 e. The van der Waals surface area contributed by atoms with Crippen LogP contribution in [0.5, 0.6) is 11.5 Å². The minimum Gasteiger partial charge on any atom is -0.448 e. The van der Waals surface area contributed by atoms with E-state index < -0.39 is 5.79 Å². The average Bonchev–Trinajstić information content (AvgIpc) is 3.37. The van der Waals surface area contributed by atoms with Crippen molar-refractivity contribution < 1.29 is 18.7 Å². The predicted molar refractivity (Wildman–Crippen MR) is 117 cm³/mol. The van der Waals surface area contributed by atoms with Crippen molar-refractivity contribution in [2.75, 3.05) is 11.1 Å². The van der Waals surface area contributed by atoms with E-state index in [-0.39, 0.29) is 11.7 Å². The molecule has 5 rings (SSSR count). The fourth-order valence-corrected chi connectivity index (χ4v) is 4.52. The van der Waals surface area contributed by atoms with E-state index in [1.807, 2.05) is 49.4 Å². The fraction of sp³-hybridized carbons (Fsp3) is 0.348. The first-order valence-corrected chi connectivity index (χ1v) is 11.4. The van der Waals surface area contributed by atoms with Gasteiger partial charge in [-0.1, -0.05) is 35.9 Å². The summed E-state index contributed by atoms with van der Waals surface area (Å²) in [6.45, 7) is 2.00. The number of ether oxygens (including phenoxy) is 2. The van der Waals surface area contributed by atoms with Crippen LogP contribution in [0.1, 0.15) is 37.7 Å². The van der Waals surface area contributed by atoms with Crippen molar-refractivity contribution in [3.8, 4) is 23.0 Å². The normalized spacial score (nSPS) is 16.4. The summed E-state index contributed by atoms with van der Waals surface area (Å²) in [6, 6.07) is 13.3. The van der Waals surface area contributed by atoms with E-state index in [0.717, 1.165) is 42.6 Å². The van der Waals surface area contributed by atoms with Crippen molar-refractivity contribution in [2.45, 2.75) is 50.0 Å². The lowest BCUT2D eigenvalue weighted by Crippen LogP contribution is -2.40. The number of rotatable bonds is 5. The fourth-order valence-electron chi connectivity index (χ4n) is 3.95. The molecule has 1 spiro atoms. The second-order valence-corrected chi connectivity index (χ2v) is 8.84. The second-order valence-electron chi connectivity index (χ2n) is 7.92. The molecule has 8 heteroatoms. The van der Waals surface area contributed by atoms with E-state index in [0.29, 0.717) is 22.6 Å². The number of nitrogens with one attached hydrogen (secondary N) is 1. The van der Waals surface area contributed by atoms with Crippen LogP contribution in [-0.2, 0) is 4.79 Å². The molecule has 31 heavy (non-hydrogen) atoms. The van der Waals surface area contributed by atoms with Gasteiger partial charge in [0.15, 0.2) is 11.5 Å². The summed E-state index contributed by atoms with van der Waals surface area (Å²) < 4.78 is 17.9. The molecule has 1 aliphatic carbocycles. The van der Waals surface area contributed by atoms with Gasteiger partial charge in [0.25, 0.3) is 11.0 Å². The lowest BCUT2D eigenvalue weighted by atomic mass is 9.94. The van der Waals surface area contributed by atoms with E-state index >= 15 is 0 Å². The van der Waals surface area contributed by atoms with Crippen LogP contribution in [0.15, 0.2) is 52.1 Å². The van der Waals surface area contributed by atoms with Crippen LogP contribution in [0, 0.1) is 6.92 Å². The molecule has 1 saturated carbocycles. The number of carbonyl (C=O) groups is 1. The first kappa shape index (κ1) is 19.9. The predicted octanol–water partition coefficient (Wildman–Crippen LogP) is 5.21. The van der Waals surface area contributed by atoms with Gasteiger partial charge in [-0.25, -0.2) is 0 Å². The van der Waals surface area contributed by atoms with Crippen LogP contribution in [0.2, 0.25) is 0 Å². The molecule has 2 aromatic carbocycles. The standard InChI is InChI=1S/C23H23N3O4S/c1-15-6-5-7-16(12-15)21-25-26-22(28-21)31-14-20(27)24-17-8-9-18-19(13-17)30-23(29-18)10-3-2-4-11-23/h5-9,12-13H,2-4,10-11,14H2,1H3,(H,24,27). The first-order valence-electron chi connectivity index (χ1n) is 10.4. The molecule has 1 fully saturated rings. The molecule has 1 aromatic heterocycles. The van der Waals surface area contributed by atoms with E-state index in [1.165, 1.54) is 18.2 Å². The van der Waals surface area contributed by atoms with Gasteiger partial charge in [-0.15, -0.1) is 10.2 Å². The topological polar surface area (TPSA) is 86.5 Å². The van der Waals surface area contributed by atoms with Crippen LogP contribution in [-0.4, -0.2) is 27.6 Å². The monoisotopic (exact) mass is 437 g/mol. The third kappa shape index (κ3) is 4.39. The summed E-state index contributed by atoms with van der Waals surface area (Å²) in [5.41, 5.74) is 2.65. The van der Waals surface area contributed by atoms with Crippen molar-refractivity contribution in [3.05, 3.63) is 48.0 Å². The Kier molecular flexibility index (Phi) is 5.31. The molecular formula is C23H23N3O4S. The zero-order valence-electron chi connectivity index (χ0n) is 17.2. The zero-order chi connectivity index (χ0) is 21.3. The van der Waals surface area contributed by atoms with Gasteiger partial charge in [0.1, 0.15) is 0 Å². The van der Waals surface area contributed by atoms with E-state index in [9.17, 15) is 4.79 Å². The molecule has 2 aliphatic rings. The molecule has 7 nitrogen and oxygen atoms in total. The van der Waals surface area contributed by atoms with Gasteiger partial charge in [0.2, 0.25) is 11.8 Å². The van der Waals surface area contributed by atoms with Crippen molar-refractivity contribution in [3.63, 3.8) is 0 Å².